The van der Waals surface area contributed by atoms with E-state index in [2.05, 4.69) is 0 Å². The van der Waals surface area contributed by atoms with Crippen LogP contribution in [0.5, 0.6) is 5.75 Å². The van der Waals surface area contributed by atoms with Crippen molar-refractivity contribution in [2.24, 2.45) is 0 Å². The van der Waals surface area contributed by atoms with Crippen molar-refractivity contribution >= 4 is 17.9 Å². The van der Waals surface area contributed by atoms with Crippen molar-refractivity contribution in [1.29, 1.82) is 0 Å². The minimum Gasteiger partial charge on any atom is -0.456 e. The molecule has 0 aliphatic heterocycles. The molecule has 12 heavy (non-hydrogen) atoms. The summed E-state index contributed by atoms with van der Waals surface area (Å²) in [5, 5.41) is 9.15. The fraction of sp³-hybridized carbons (Fsp3) is 0.125. The SMILES string of the molecule is O=CC(O)Oc1ccccc1Cl. The third-order valence-corrected chi connectivity index (χ3v) is 1.51. The molecule has 4 heteroatoms. The van der Waals surface area contributed by atoms with Gasteiger partial charge >= 0.3 is 0 Å². The van der Waals surface area contributed by atoms with Crippen LogP contribution in [0, 0.1) is 0 Å². The van der Waals surface area contributed by atoms with Crippen molar-refractivity contribution in [3.63, 3.8) is 0 Å². The molecule has 1 N–H and O–H groups in total. The Bertz CT molecular complexity index is 275. The highest BCUT2D eigenvalue weighted by Gasteiger charge is 2.05. The summed E-state index contributed by atoms with van der Waals surface area (Å²) < 4.78 is 4.75. The van der Waals surface area contributed by atoms with E-state index < -0.39 is 6.29 Å². The third kappa shape index (κ3) is 2.22. The number of carbonyl (C=O) groups is 1. The van der Waals surface area contributed by atoms with Gasteiger partial charge in [0.2, 0.25) is 0 Å². The van der Waals surface area contributed by atoms with Crippen LogP contribution in [-0.4, -0.2) is 17.7 Å². The number of carbonyl (C=O) groups excluding carboxylic acids is 1. The minimum absolute atomic E-state index is 0.281. The fourth-order valence-corrected chi connectivity index (χ4v) is 0.878. The Morgan fingerprint density at radius 2 is 2.17 bits per heavy atom. The molecule has 1 rings (SSSR count). The van der Waals surface area contributed by atoms with Gasteiger partial charge < -0.3 is 9.84 Å². The van der Waals surface area contributed by atoms with Gasteiger partial charge in [0.25, 0.3) is 6.29 Å². The van der Waals surface area contributed by atoms with Crippen molar-refractivity contribution in [1.82, 2.24) is 0 Å². The molecule has 0 saturated heterocycles. The third-order valence-electron chi connectivity index (χ3n) is 1.20. The zero-order valence-electron chi connectivity index (χ0n) is 6.11. The van der Waals surface area contributed by atoms with Crippen molar-refractivity contribution in [2.45, 2.75) is 6.29 Å². The Morgan fingerprint density at radius 1 is 1.50 bits per heavy atom. The van der Waals surface area contributed by atoms with Crippen LogP contribution in [-0.2, 0) is 4.79 Å². The molecule has 0 amide bonds. The molecule has 1 unspecified atom stereocenters. The summed E-state index contributed by atoms with van der Waals surface area (Å²) in [6.07, 6.45) is -1.17. The van der Waals surface area contributed by atoms with Crippen LogP contribution in [0.3, 0.4) is 0 Å². The number of ether oxygens (including phenoxy) is 1. The predicted molar refractivity (Wildman–Crippen MR) is 44.2 cm³/mol. The number of aliphatic hydroxyl groups is 1. The lowest BCUT2D eigenvalue weighted by molar-refractivity contribution is -0.127. The Balaban J connectivity index is 2.75. The second-order valence-electron chi connectivity index (χ2n) is 2.07. The summed E-state index contributed by atoms with van der Waals surface area (Å²) in [6, 6.07) is 6.59. The largest absolute Gasteiger partial charge is 0.456 e. The summed E-state index contributed by atoms with van der Waals surface area (Å²) in [5.74, 6) is 0.291. The molecule has 0 fully saturated rings. The van der Waals surface area contributed by atoms with Gasteiger partial charge in [-0.3, -0.25) is 4.79 Å². The number of rotatable bonds is 3. The molecule has 0 radical (unpaired) electrons. The predicted octanol–water partition coefficient (Wildman–Crippen LogP) is 1.24. The van der Waals surface area contributed by atoms with E-state index in [-0.39, 0.29) is 6.29 Å². The van der Waals surface area contributed by atoms with Crippen molar-refractivity contribution < 1.29 is 14.6 Å². The average molecular weight is 187 g/mol. The lowest BCUT2D eigenvalue weighted by atomic mass is 10.3. The van der Waals surface area contributed by atoms with Crippen molar-refractivity contribution in [2.75, 3.05) is 0 Å². The molecule has 0 heterocycles. The maximum absolute atomic E-state index is 10.0. The van der Waals surface area contributed by atoms with Gasteiger partial charge in [0.05, 0.1) is 5.02 Å². The number of halogens is 1. The Kier molecular flexibility index (Phi) is 3.08. The summed E-state index contributed by atoms with van der Waals surface area (Å²) >= 11 is 5.67. The number of benzene rings is 1. The van der Waals surface area contributed by atoms with Crippen molar-refractivity contribution in [3.8, 4) is 5.75 Å². The fourth-order valence-electron chi connectivity index (χ4n) is 0.698. The Morgan fingerprint density at radius 3 is 2.75 bits per heavy atom. The zero-order chi connectivity index (χ0) is 8.97. The summed E-state index contributed by atoms with van der Waals surface area (Å²) in [6.45, 7) is 0. The first-order valence-electron chi connectivity index (χ1n) is 3.28. The highest BCUT2D eigenvalue weighted by molar-refractivity contribution is 6.32. The van der Waals surface area contributed by atoms with Crippen LogP contribution < -0.4 is 4.74 Å². The normalized spacial score (nSPS) is 12.2. The van der Waals surface area contributed by atoms with Gasteiger partial charge in [0.1, 0.15) is 5.75 Å². The topological polar surface area (TPSA) is 46.5 Å². The number of para-hydroxylation sites is 1. The Hall–Kier alpha value is -1.06. The van der Waals surface area contributed by atoms with Crippen LogP contribution in [0.15, 0.2) is 24.3 Å². The molecule has 0 spiro atoms. The first-order chi connectivity index (χ1) is 5.74. The number of aldehydes is 1. The van der Waals surface area contributed by atoms with Crippen LogP contribution in [0.25, 0.3) is 0 Å². The lowest BCUT2D eigenvalue weighted by Gasteiger charge is -2.07. The number of hydrogen-bond donors (Lipinski definition) is 1. The van der Waals surface area contributed by atoms with Crippen LogP contribution >= 0.6 is 11.6 Å². The summed E-state index contributed by atoms with van der Waals surface area (Å²) in [4.78, 5) is 10.0. The molecular formula is C8H7ClO3. The molecule has 1 aromatic carbocycles. The first-order valence-corrected chi connectivity index (χ1v) is 3.66. The standard InChI is InChI=1S/C8H7ClO3/c9-6-3-1-2-4-7(6)12-8(11)5-10/h1-5,8,11H. The zero-order valence-corrected chi connectivity index (χ0v) is 6.86. The second-order valence-corrected chi connectivity index (χ2v) is 2.48. The van der Waals surface area contributed by atoms with Gasteiger partial charge in [-0.05, 0) is 12.1 Å². The molecular weight excluding hydrogens is 180 g/mol. The smallest absolute Gasteiger partial charge is 0.254 e. The number of aliphatic hydroxyl groups excluding tert-OH is 1. The Labute approximate surface area is 74.5 Å². The summed E-state index contributed by atoms with van der Waals surface area (Å²) in [5.41, 5.74) is 0. The van der Waals surface area contributed by atoms with Gasteiger partial charge in [-0.25, -0.2) is 0 Å². The van der Waals surface area contributed by atoms with E-state index in [4.69, 9.17) is 21.4 Å². The monoisotopic (exact) mass is 186 g/mol. The molecule has 0 aromatic heterocycles. The summed E-state index contributed by atoms with van der Waals surface area (Å²) in [7, 11) is 0. The van der Waals surface area contributed by atoms with Gasteiger partial charge in [0, 0.05) is 0 Å². The molecule has 0 bridgehead atoms. The van der Waals surface area contributed by atoms with Crippen LogP contribution in [0.4, 0.5) is 0 Å². The lowest BCUT2D eigenvalue weighted by Crippen LogP contribution is -2.16. The molecule has 3 nitrogen and oxygen atoms in total. The average Bonchev–Trinajstić information content (AvgIpc) is 2.09. The van der Waals surface area contributed by atoms with E-state index in [1.807, 2.05) is 0 Å². The maximum atomic E-state index is 10.0. The van der Waals surface area contributed by atoms with E-state index in [1.165, 1.54) is 0 Å². The molecule has 0 saturated carbocycles. The molecule has 0 aliphatic carbocycles. The number of hydrogen-bond acceptors (Lipinski definition) is 3. The van der Waals surface area contributed by atoms with E-state index in [9.17, 15) is 4.79 Å². The molecule has 0 aliphatic rings. The van der Waals surface area contributed by atoms with Gasteiger partial charge in [-0.1, -0.05) is 23.7 Å². The van der Waals surface area contributed by atoms with E-state index >= 15 is 0 Å². The highest BCUT2D eigenvalue weighted by atomic mass is 35.5. The van der Waals surface area contributed by atoms with Gasteiger partial charge in [0.15, 0.2) is 6.29 Å². The van der Waals surface area contributed by atoms with E-state index in [0.29, 0.717) is 10.8 Å². The van der Waals surface area contributed by atoms with Crippen LogP contribution in [0.1, 0.15) is 0 Å². The van der Waals surface area contributed by atoms with Gasteiger partial charge in [-0.15, -0.1) is 0 Å². The van der Waals surface area contributed by atoms with E-state index in [1.54, 1.807) is 24.3 Å². The molecule has 1 atom stereocenters. The minimum atomic E-state index is -1.45. The van der Waals surface area contributed by atoms with Crippen LogP contribution in [0.2, 0.25) is 5.02 Å². The van der Waals surface area contributed by atoms with Crippen molar-refractivity contribution in [3.05, 3.63) is 29.3 Å². The molecule has 64 valence electrons. The van der Waals surface area contributed by atoms with E-state index in [0.717, 1.165) is 0 Å². The van der Waals surface area contributed by atoms with Gasteiger partial charge in [-0.2, -0.15) is 0 Å². The maximum Gasteiger partial charge on any atom is 0.254 e. The molecule has 1 aromatic rings. The second kappa shape index (κ2) is 4.09. The quantitative estimate of drug-likeness (QED) is 0.571. The highest BCUT2D eigenvalue weighted by Crippen LogP contribution is 2.23. The first kappa shape index (κ1) is 9.03.